The van der Waals surface area contributed by atoms with Crippen LogP contribution in [-0.4, -0.2) is 141 Å². The van der Waals surface area contributed by atoms with Gasteiger partial charge in [-0.05, 0) is 26.0 Å². The minimum absolute atomic E-state index is 0. The molecule has 2 amide bonds. The first-order chi connectivity index (χ1) is 26.6. The fourth-order valence-corrected chi connectivity index (χ4v) is 5.07. The van der Waals surface area contributed by atoms with Crippen LogP contribution in [0.1, 0.15) is 11.4 Å². The summed E-state index contributed by atoms with van der Waals surface area (Å²) in [6.07, 6.45) is 2.14. The molecule has 0 saturated carbocycles. The number of nitrogens with one attached hydrogen (secondary N) is 2. The van der Waals surface area contributed by atoms with Crippen molar-refractivity contribution in [3.8, 4) is 0 Å². The van der Waals surface area contributed by atoms with Gasteiger partial charge in [-0.2, -0.15) is 0 Å². The molecule has 4 aliphatic rings. The number of pyridine rings is 2. The summed E-state index contributed by atoms with van der Waals surface area (Å²) >= 11 is 0. The first kappa shape index (κ1) is 46.9. The van der Waals surface area contributed by atoms with Crippen LogP contribution in [0.15, 0.2) is 56.4 Å². The van der Waals surface area contributed by atoms with Gasteiger partial charge >= 0.3 is 21.1 Å². The Labute approximate surface area is 336 Å². The van der Waals surface area contributed by atoms with Crippen LogP contribution in [0, 0.1) is 44.5 Å². The normalized spacial score (nSPS) is 19.5. The van der Waals surface area contributed by atoms with Gasteiger partial charge < -0.3 is 71.6 Å². The van der Waals surface area contributed by atoms with Crippen molar-refractivity contribution in [3.05, 3.63) is 78.4 Å². The molecule has 3 aromatic rings. The van der Waals surface area contributed by atoms with E-state index in [2.05, 4.69) is 64.8 Å². The van der Waals surface area contributed by atoms with Gasteiger partial charge in [0.1, 0.15) is 13.5 Å². The van der Waals surface area contributed by atoms with Crippen molar-refractivity contribution in [3.63, 3.8) is 0 Å². The van der Waals surface area contributed by atoms with E-state index in [0.717, 1.165) is 33.2 Å². The molecule has 4 unspecified atom stereocenters. The number of amides is 2. The van der Waals surface area contributed by atoms with Crippen LogP contribution in [-0.2, 0) is 40.1 Å². The Kier molecular flexibility index (Phi) is 18.9. The number of benzene rings is 1. The Morgan fingerprint density at radius 3 is 1.37 bits per heavy atom. The topological polar surface area (TPSA) is 383 Å². The summed E-state index contributed by atoms with van der Waals surface area (Å²) in [5.41, 5.74) is 15.0. The Balaban J connectivity index is 0.000000267. The Bertz CT molecular complexity index is 1840. The zero-order valence-corrected chi connectivity index (χ0v) is 32.4. The van der Waals surface area contributed by atoms with Gasteiger partial charge in [0.25, 0.3) is 11.8 Å². The number of aliphatic imine (C=N–C) groups is 4. The Hall–Kier alpha value is -6.21. The number of hydrogen-bond acceptors (Lipinski definition) is 22. The maximum absolute atomic E-state index is 11.5. The van der Waals surface area contributed by atoms with E-state index in [0.29, 0.717) is 0 Å². The molecule has 6 heterocycles. The van der Waals surface area contributed by atoms with Crippen LogP contribution < -0.4 is 22.1 Å². The van der Waals surface area contributed by atoms with E-state index in [1.165, 1.54) is 12.7 Å². The second-order valence-corrected chi connectivity index (χ2v) is 11.4. The molecule has 27 heteroatoms. The first-order valence-electron chi connectivity index (χ1n) is 16.2. The van der Waals surface area contributed by atoms with Crippen LogP contribution in [0.25, 0.3) is 21.8 Å². The minimum Gasteiger partial charge on any atom is -0.394 e. The molecular weight excluding hydrogens is 943 g/mol. The zero-order valence-electron chi connectivity index (χ0n) is 30.1. The predicted octanol–water partition coefficient (Wildman–Crippen LogP) is -2.21. The Morgan fingerprint density at radius 1 is 0.702 bits per heavy atom. The number of aliphatic hydroxyl groups is 2. The molecule has 26 nitrogen and oxygen atoms in total. The van der Waals surface area contributed by atoms with Crippen molar-refractivity contribution in [2.24, 2.45) is 31.4 Å². The summed E-state index contributed by atoms with van der Waals surface area (Å²) in [4.78, 5) is 68.1. The largest absolute Gasteiger partial charge is 2.00 e. The number of carbonyl (C=O) groups is 2. The summed E-state index contributed by atoms with van der Waals surface area (Å²) in [7, 11) is 0. The van der Waals surface area contributed by atoms with E-state index in [4.69, 9.17) is 61.8 Å². The van der Waals surface area contributed by atoms with Crippen molar-refractivity contribution in [1.82, 2.24) is 30.4 Å². The van der Waals surface area contributed by atoms with Crippen LogP contribution in [0.3, 0.4) is 0 Å². The van der Waals surface area contributed by atoms with Crippen molar-refractivity contribution >= 4 is 58.2 Å². The van der Waals surface area contributed by atoms with Crippen molar-refractivity contribution in [2.75, 3.05) is 39.9 Å². The molecule has 0 saturated heterocycles. The molecule has 4 atom stereocenters. The van der Waals surface area contributed by atoms with E-state index < -0.39 is 34.6 Å². The number of nitrogens with zero attached hydrogens (tertiary/aromatic N) is 10. The minimum atomic E-state index is -1.75. The van der Waals surface area contributed by atoms with Crippen LogP contribution in [0.4, 0.5) is 0 Å². The number of aromatic nitrogens is 2. The van der Waals surface area contributed by atoms with Gasteiger partial charge in [0, 0.05) is 22.2 Å². The molecule has 0 radical (unpaired) electrons. The molecule has 0 fully saturated rings. The number of aliphatic hydroxyl groups excluding tert-OH is 2. The van der Waals surface area contributed by atoms with Gasteiger partial charge in [-0.25, -0.2) is 9.98 Å². The molecule has 0 aliphatic carbocycles. The van der Waals surface area contributed by atoms with E-state index in [1.807, 2.05) is 26.0 Å². The summed E-state index contributed by atoms with van der Waals surface area (Å²) < 4.78 is 10.3. The molecular formula is C30H38N14O12Pt. The molecule has 7 rings (SSSR count). The van der Waals surface area contributed by atoms with Crippen molar-refractivity contribution in [1.29, 1.82) is 0 Å². The van der Waals surface area contributed by atoms with Gasteiger partial charge in [0.15, 0.2) is 36.3 Å². The molecule has 8 N–H and O–H groups in total. The number of hydrogen-bond donors (Lipinski definition) is 6. The molecule has 2 aromatic heterocycles. The number of aryl methyl sites for hydroxylation is 2. The molecule has 1 aromatic carbocycles. The smallest absolute Gasteiger partial charge is 0.394 e. The second-order valence-electron chi connectivity index (χ2n) is 11.4. The van der Waals surface area contributed by atoms with Crippen LogP contribution >= 0.6 is 0 Å². The van der Waals surface area contributed by atoms with Crippen molar-refractivity contribution < 1.29 is 60.5 Å². The predicted molar refractivity (Wildman–Crippen MR) is 198 cm³/mol. The maximum Gasteiger partial charge on any atom is 2.00 e. The van der Waals surface area contributed by atoms with E-state index in [1.54, 1.807) is 9.80 Å². The van der Waals surface area contributed by atoms with E-state index >= 15 is 0 Å². The number of ether oxygens (including phenoxy) is 2. The number of guanidine groups is 2. The van der Waals surface area contributed by atoms with Gasteiger partial charge in [0.05, 0.1) is 60.3 Å². The summed E-state index contributed by atoms with van der Waals surface area (Å²) in [6, 6.07) is 11.3. The summed E-state index contributed by atoms with van der Waals surface area (Å²) in [5.74, 6) is -0.357. The number of rotatable bonds is 8. The third-order valence-electron chi connectivity index (χ3n) is 7.33. The third-order valence-corrected chi connectivity index (χ3v) is 7.33. The first-order valence-corrected chi connectivity index (χ1v) is 16.2. The standard InChI is InChI=1S/C14H12N2.2C8H13N5O3.2NO3.Pt/c1-9-3-5-11-7-8-12-6-4-10(2)16-14(12)13(11)15-9;2*9-8-11-6-5(7(15)12-8)10-3-13(6)4-16-2-1-14;2*2-1(3)4;/h3-8H,1-2H3;2*3,5-6,14H,1-2,4H2,(H3,9,11,12,15);;;/q;;;2*-1;+2. The quantitative estimate of drug-likeness (QED) is 0.0603. The fraction of sp³-hybridized carbons (Fsp3) is 0.400. The van der Waals surface area contributed by atoms with Crippen LogP contribution in [0.2, 0.25) is 0 Å². The maximum atomic E-state index is 11.5. The van der Waals surface area contributed by atoms with E-state index in [-0.39, 0.29) is 84.7 Å². The molecule has 0 bridgehead atoms. The number of fused-ring (bicyclic) bond motifs is 5. The van der Waals surface area contributed by atoms with Gasteiger partial charge in [-0.3, -0.25) is 40.2 Å². The Morgan fingerprint density at radius 2 is 1.04 bits per heavy atom. The number of nitrogens with two attached hydrogens (primary N) is 2. The average Bonchev–Trinajstić information content (AvgIpc) is 3.73. The zero-order chi connectivity index (χ0) is 41.4. The van der Waals surface area contributed by atoms with Crippen LogP contribution in [0.5, 0.6) is 0 Å². The van der Waals surface area contributed by atoms with Gasteiger partial charge in [0.2, 0.25) is 0 Å². The molecule has 57 heavy (non-hydrogen) atoms. The number of carbonyl (C=O) groups excluding carboxylic acids is 2. The third kappa shape index (κ3) is 14.4. The monoisotopic (exact) mass is 981 g/mol. The summed E-state index contributed by atoms with van der Waals surface area (Å²) in [5, 5.41) is 53.7. The van der Waals surface area contributed by atoms with Gasteiger partial charge in [-0.1, -0.05) is 24.3 Å². The van der Waals surface area contributed by atoms with Crippen molar-refractivity contribution in [2.45, 2.75) is 38.3 Å². The molecule has 0 spiro atoms. The molecule has 310 valence electrons. The fourth-order valence-electron chi connectivity index (χ4n) is 5.07. The SMILES string of the molecule is Cc1ccc2ccc3ccc(C)nc3c2n1.NC1=NC2C(N=CN2COCCO)C(=O)N1.NC1=NC2C(N=CN2COCCO)C(=O)N1.O=[N+]([O-])[O-].O=[N+]([O-])[O-].[Pt+2]. The second kappa shape index (κ2) is 23.0. The summed E-state index contributed by atoms with van der Waals surface area (Å²) in [6.45, 7) is 4.81. The molecule has 4 aliphatic heterocycles. The van der Waals surface area contributed by atoms with E-state index in [9.17, 15) is 9.59 Å². The van der Waals surface area contributed by atoms with Gasteiger partial charge in [-0.15, -0.1) is 0 Å². The average molecular weight is 982 g/mol.